The molecule has 5 heteroatoms. The van der Waals surface area contributed by atoms with E-state index in [1.807, 2.05) is 0 Å². The molecule has 0 spiro atoms. The van der Waals surface area contributed by atoms with E-state index in [9.17, 15) is 4.79 Å². The average molecular weight is 348 g/mol. The summed E-state index contributed by atoms with van der Waals surface area (Å²) in [6.07, 6.45) is 7.13. The fourth-order valence-electron chi connectivity index (χ4n) is 4.18. The molecule has 1 aliphatic carbocycles. The first-order chi connectivity index (χ1) is 11.8. The smallest absolute Gasteiger partial charge is 0.224 e. The van der Waals surface area contributed by atoms with Crippen molar-refractivity contribution < 1.29 is 4.79 Å². The zero-order valence-corrected chi connectivity index (χ0v) is 15.3. The van der Waals surface area contributed by atoms with Gasteiger partial charge in [-0.3, -0.25) is 14.6 Å². The molecular weight excluding hydrogens is 318 g/mol. The van der Waals surface area contributed by atoms with Crippen LogP contribution in [-0.4, -0.2) is 54.0 Å². The summed E-state index contributed by atoms with van der Waals surface area (Å²) >= 11 is 1.79. The summed E-state index contributed by atoms with van der Waals surface area (Å²) < 4.78 is 0. The monoisotopic (exact) mass is 347 g/mol. The van der Waals surface area contributed by atoms with Gasteiger partial charge in [0.25, 0.3) is 0 Å². The number of rotatable bonds is 5. The van der Waals surface area contributed by atoms with E-state index in [1.54, 1.807) is 11.3 Å². The van der Waals surface area contributed by atoms with Gasteiger partial charge >= 0.3 is 0 Å². The normalized spacial score (nSPS) is 27.2. The number of nitrogens with one attached hydrogen (secondary N) is 1. The third-order valence-corrected chi connectivity index (χ3v) is 6.54. The number of hydrogen-bond donors (Lipinski definition) is 1. The van der Waals surface area contributed by atoms with E-state index in [0.29, 0.717) is 18.0 Å². The summed E-state index contributed by atoms with van der Waals surface area (Å²) in [6, 6.07) is 3.42. The molecule has 0 bridgehead atoms. The van der Waals surface area contributed by atoms with Gasteiger partial charge in [0, 0.05) is 25.2 Å². The van der Waals surface area contributed by atoms with E-state index >= 15 is 0 Å². The summed E-state index contributed by atoms with van der Waals surface area (Å²) in [6.45, 7) is 5.64. The van der Waals surface area contributed by atoms with Gasteiger partial charge in [-0.05, 0) is 80.5 Å². The van der Waals surface area contributed by atoms with Gasteiger partial charge in [0.2, 0.25) is 5.91 Å². The molecule has 1 saturated carbocycles. The van der Waals surface area contributed by atoms with E-state index in [-0.39, 0.29) is 5.92 Å². The van der Waals surface area contributed by atoms with E-state index < -0.39 is 0 Å². The molecule has 1 aromatic heterocycles. The van der Waals surface area contributed by atoms with Crippen molar-refractivity contribution in [1.29, 1.82) is 0 Å². The molecule has 1 amide bonds. The summed E-state index contributed by atoms with van der Waals surface area (Å²) in [4.78, 5) is 17.6. The van der Waals surface area contributed by atoms with Gasteiger partial charge in [-0.15, -0.1) is 0 Å². The van der Waals surface area contributed by atoms with Crippen LogP contribution in [0.2, 0.25) is 0 Å². The van der Waals surface area contributed by atoms with Crippen LogP contribution in [0.5, 0.6) is 0 Å². The molecule has 2 aliphatic heterocycles. The summed E-state index contributed by atoms with van der Waals surface area (Å²) in [5.74, 6) is 0.542. The molecule has 4 nitrogen and oxygen atoms in total. The Kier molecular flexibility index (Phi) is 5.20. The molecule has 0 radical (unpaired) electrons. The van der Waals surface area contributed by atoms with E-state index in [4.69, 9.17) is 0 Å². The number of carbonyl (C=O) groups is 1. The number of hydrogen-bond acceptors (Lipinski definition) is 4. The van der Waals surface area contributed by atoms with Gasteiger partial charge in [0.05, 0.1) is 5.92 Å². The van der Waals surface area contributed by atoms with Crippen molar-refractivity contribution in [2.45, 2.75) is 57.2 Å². The number of likely N-dealkylation sites (tertiary alicyclic amines) is 2. The fraction of sp³-hybridized carbons (Fsp3) is 0.737. The molecule has 1 N–H and O–H groups in total. The predicted molar refractivity (Wildman–Crippen MR) is 98.1 cm³/mol. The second-order valence-corrected chi connectivity index (χ2v) is 8.54. The standard InChI is InChI=1S/C19H29N3OS/c23-19(20-17-3-4-17)16-2-1-8-22(13-16)18-5-9-21(10-6-18)12-15-7-11-24-14-15/h7,11,14,16-18H,1-6,8-10,12-13H2,(H,20,23). The van der Waals surface area contributed by atoms with E-state index in [2.05, 4.69) is 31.9 Å². The minimum atomic E-state index is 0.225. The van der Waals surface area contributed by atoms with Gasteiger partial charge in [-0.2, -0.15) is 11.3 Å². The first-order valence-corrected chi connectivity index (χ1v) is 10.5. The van der Waals surface area contributed by atoms with Crippen molar-refractivity contribution in [3.8, 4) is 0 Å². The van der Waals surface area contributed by atoms with Crippen LogP contribution < -0.4 is 5.32 Å². The van der Waals surface area contributed by atoms with Crippen molar-refractivity contribution in [2.75, 3.05) is 26.2 Å². The number of piperidine rings is 2. The van der Waals surface area contributed by atoms with Crippen LogP contribution in [0, 0.1) is 5.92 Å². The van der Waals surface area contributed by atoms with Gasteiger partial charge in [0.15, 0.2) is 0 Å². The molecule has 1 atom stereocenters. The number of amides is 1. The third-order valence-electron chi connectivity index (χ3n) is 5.81. The summed E-state index contributed by atoms with van der Waals surface area (Å²) in [5.41, 5.74) is 1.45. The van der Waals surface area contributed by atoms with Gasteiger partial charge in [0.1, 0.15) is 0 Å². The quantitative estimate of drug-likeness (QED) is 0.889. The maximum Gasteiger partial charge on any atom is 0.224 e. The highest BCUT2D eigenvalue weighted by Crippen LogP contribution is 2.26. The highest BCUT2D eigenvalue weighted by Gasteiger charge is 2.33. The Morgan fingerprint density at radius 2 is 2.00 bits per heavy atom. The first-order valence-electron chi connectivity index (χ1n) is 9.56. The third kappa shape index (κ3) is 4.19. The van der Waals surface area contributed by atoms with Gasteiger partial charge < -0.3 is 5.32 Å². The van der Waals surface area contributed by atoms with Crippen molar-refractivity contribution in [2.24, 2.45) is 5.92 Å². The lowest BCUT2D eigenvalue weighted by Crippen LogP contribution is -2.50. The van der Waals surface area contributed by atoms with Crippen molar-refractivity contribution in [3.05, 3.63) is 22.4 Å². The molecule has 1 unspecified atom stereocenters. The number of carbonyl (C=O) groups excluding carboxylic acids is 1. The van der Waals surface area contributed by atoms with Crippen LogP contribution in [0.4, 0.5) is 0 Å². The first kappa shape index (κ1) is 16.6. The Bertz CT molecular complexity index is 535. The van der Waals surface area contributed by atoms with Gasteiger partial charge in [-0.25, -0.2) is 0 Å². The molecule has 2 saturated heterocycles. The SMILES string of the molecule is O=C(NC1CC1)C1CCCN(C2CCN(Cc3ccsc3)CC2)C1. The molecule has 24 heavy (non-hydrogen) atoms. The second kappa shape index (κ2) is 7.54. The molecular formula is C19H29N3OS. The largest absolute Gasteiger partial charge is 0.353 e. The van der Waals surface area contributed by atoms with Crippen molar-refractivity contribution in [3.63, 3.8) is 0 Å². The molecule has 132 valence electrons. The average Bonchev–Trinajstić information content (AvgIpc) is 3.28. The van der Waals surface area contributed by atoms with Gasteiger partial charge in [-0.1, -0.05) is 0 Å². The number of thiophene rings is 1. The molecule has 3 aliphatic rings. The predicted octanol–water partition coefficient (Wildman–Crippen LogP) is 2.70. The van der Waals surface area contributed by atoms with Crippen LogP contribution in [0.3, 0.4) is 0 Å². The Balaban J connectivity index is 1.24. The molecule has 1 aromatic rings. The molecule has 3 heterocycles. The topological polar surface area (TPSA) is 35.6 Å². The minimum Gasteiger partial charge on any atom is -0.353 e. The second-order valence-electron chi connectivity index (χ2n) is 7.76. The molecule has 4 rings (SSSR count). The van der Waals surface area contributed by atoms with E-state index in [0.717, 1.165) is 19.5 Å². The van der Waals surface area contributed by atoms with Crippen LogP contribution in [-0.2, 0) is 11.3 Å². The Hall–Kier alpha value is -0.910. The minimum absolute atomic E-state index is 0.225. The molecule has 0 aromatic carbocycles. The van der Waals surface area contributed by atoms with Crippen LogP contribution >= 0.6 is 11.3 Å². The molecule has 3 fully saturated rings. The van der Waals surface area contributed by atoms with Crippen LogP contribution in [0.15, 0.2) is 16.8 Å². The van der Waals surface area contributed by atoms with Crippen molar-refractivity contribution >= 4 is 17.2 Å². The zero-order valence-electron chi connectivity index (χ0n) is 14.5. The summed E-state index contributed by atoms with van der Waals surface area (Å²) in [5, 5.41) is 7.64. The maximum absolute atomic E-state index is 12.4. The highest BCUT2D eigenvalue weighted by molar-refractivity contribution is 7.07. The number of nitrogens with zero attached hydrogens (tertiary/aromatic N) is 2. The van der Waals surface area contributed by atoms with Crippen molar-refractivity contribution in [1.82, 2.24) is 15.1 Å². The Morgan fingerprint density at radius 3 is 2.71 bits per heavy atom. The summed E-state index contributed by atoms with van der Waals surface area (Å²) in [7, 11) is 0. The Labute approximate surface area is 149 Å². The highest BCUT2D eigenvalue weighted by atomic mass is 32.1. The fourth-order valence-corrected chi connectivity index (χ4v) is 4.84. The lowest BCUT2D eigenvalue weighted by molar-refractivity contribution is -0.127. The van der Waals surface area contributed by atoms with Crippen LogP contribution in [0.25, 0.3) is 0 Å². The zero-order chi connectivity index (χ0) is 16.4. The Morgan fingerprint density at radius 1 is 1.17 bits per heavy atom. The lowest BCUT2D eigenvalue weighted by atomic mass is 9.93. The lowest BCUT2D eigenvalue weighted by Gasteiger charge is -2.42. The van der Waals surface area contributed by atoms with Crippen LogP contribution in [0.1, 0.15) is 44.1 Å². The van der Waals surface area contributed by atoms with E-state index in [1.165, 1.54) is 57.3 Å². The maximum atomic E-state index is 12.4.